The molecular weight excluding hydrogens is 235 g/mol. The first kappa shape index (κ1) is 13.0. The van der Waals surface area contributed by atoms with Crippen molar-refractivity contribution in [2.75, 3.05) is 37.0 Å². The van der Waals surface area contributed by atoms with Gasteiger partial charge in [0.1, 0.15) is 0 Å². The van der Waals surface area contributed by atoms with Crippen molar-refractivity contribution in [1.29, 1.82) is 0 Å². The van der Waals surface area contributed by atoms with Crippen molar-refractivity contribution in [3.63, 3.8) is 0 Å². The number of methoxy groups -OCH3 is 1. The predicted molar refractivity (Wildman–Crippen MR) is 68.4 cm³/mol. The van der Waals surface area contributed by atoms with E-state index in [0.29, 0.717) is 11.8 Å². The molecule has 0 bridgehead atoms. The van der Waals surface area contributed by atoms with E-state index in [4.69, 9.17) is 4.74 Å². The van der Waals surface area contributed by atoms with E-state index < -0.39 is 0 Å². The summed E-state index contributed by atoms with van der Waals surface area (Å²) in [5.41, 5.74) is 0. The van der Waals surface area contributed by atoms with Gasteiger partial charge >= 0.3 is 0 Å². The van der Waals surface area contributed by atoms with Crippen molar-refractivity contribution >= 4 is 11.8 Å². The summed E-state index contributed by atoms with van der Waals surface area (Å²) in [5, 5.41) is 2.99. The summed E-state index contributed by atoms with van der Waals surface area (Å²) in [6.07, 6.45) is 3.30. The van der Waals surface area contributed by atoms with Gasteiger partial charge in [0, 0.05) is 26.7 Å². The van der Waals surface area contributed by atoms with Crippen molar-refractivity contribution in [1.82, 2.24) is 9.97 Å². The summed E-state index contributed by atoms with van der Waals surface area (Å²) in [6.45, 7) is 4.20. The second kappa shape index (κ2) is 5.95. The maximum Gasteiger partial charge on any atom is 0.224 e. The minimum atomic E-state index is -0.368. The Morgan fingerprint density at radius 2 is 2.22 bits per heavy atom. The van der Waals surface area contributed by atoms with Gasteiger partial charge in [-0.3, -0.25) is 0 Å². The van der Waals surface area contributed by atoms with Crippen LogP contribution in [0.3, 0.4) is 0 Å². The number of piperidine rings is 1. The molecule has 0 unspecified atom stereocenters. The number of ether oxygens (including phenoxy) is 1. The number of rotatable bonds is 4. The third kappa shape index (κ3) is 2.87. The number of nitrogens with one attached hydrogen (secondary N) is 1. The van der Waals surface area contributed by atoms with Crippen molar-refractivity contribution in [2.45, 2.75) is 25.9 Å². The highest BCUT2D eigenvalue weighted by molar-refractivity contribution is 5.44. The molecule has 2 heterocycles. The van der Waals surface area contributed by atoms with E-state index in [0.717, 1.165) is 32.5 Å². The van der Waals surface area contributed by atoms with E-state index in [-0.39, 0.29) is 11.9 Å². The second-order valence-corrected chi connectivity index (χ2v) is 4.32. The number of hydrogen-bond acceptors (Lipinski definition) is 5. The van der Waals surface area contributed by atoms with E-state index in [1.807, 2.05) is 11.8 Å². The zero-order valence-corrected chi connectivity index (χ0v) is 10.8. The smallest absolute Gasteiger partial charge is 0.224 e. The van der Waals surface area contributed by atoms with E-state index in [9.17, 15) is 4.39 Å². The molecule has 0 amide bonds. The van der Waals surface area contributed by atoms with Gasteiger partial charge in [-0.05, 0) is 19.8 Å². The fraction of sp³-hybridized carbons (Fsp3) is 0.667. The molecule has 0 aromatic carbocycles. The highest BCUT2D eigenvalue weighted by atomic mass is 19.1. The van der Waals surface area contributed by atoms with Crippen LogP contribution in [-0.4, -0.2) is 42.8 Å². The van der Waals surface area contributed by atoms with Crippen LogP contribution in [0.5, 0.6) is 0 Å². The summed E-state index contributed by atoms with van der Waals surface area (Å²) in [6, 6.07) is 0. The maximum atomic E-state index is 13.7. The zero-order chi connectivity index (χ0) is 13.0. The largest absolute Gasteiger partial charge is 0.381 e. The topological polar surface area (TPSA) is 50.3 Å². The van der Waals surface area contributed by atoms with Gasteiger partial charge in [0.05, 0.1) is 12.3 Å². The fourth-order valence-electron chi connectivity index (χ4n) is 2.13. The number of aromatic nitrogens is 2. The Hall–Kier alpha value is -1.43. The highest BCUT2D eigenvalue weighted by Crippen LogP contribution is 2.22. The Morgan fingerprint density at radius 3 is 2.83 bits per heavy atom. The van der Waals surface area contributed by atoms with Crippen LogP contribution in [0.25, 0.3) is 0 Å². The Kier molecular flexibility index (Phi) is 4.30. The quantitative estimate of drug-likeness (QED) is 0.885. The van der Waals surface area contributed by atoms with E-state index in [1.165, 1.54) is 6.20 Å². The summed E-state index contributed by atoms with van der Waals surface area (Å²) in [7, 11) is 1.72. The van der Waals surface area contributed by atoms with E-state index in [2.05, 4.69) is 15.3 Å². The second-order valence-electron chi connectivity index (χ2n) is 4.32. The molecule has 1 aromatic rings. The lowest BCUT2D eigenvalue weighted by Crippen LogP contribution is -2.37. The third-order valence-electron chi connectivity index (χ3n) is 3.14. The Labute approximate surface area is 106 Å². The van der Waals surface area contributed by atoms with Crippen LogP contribution in [0.4, 0.5) is 16.2 Å². The van der Waals surface area contributed by atoms with Crippen LogP contribution in [0, 0.1) is 5.82 Å². The molecule has 5 nitrogen and oxygen atoms in total. The first-order valence-corrected chi connectivity index (χ1v) is 6.28. The Balaban J connectivity index is 2.10. The summed E-state index contributed by atoms with van der Waals surface area (Å²) >= 11 is 0. The van der Waals surface area contributed by atoms with Gasteiger partial charge in [-0.2, -0.15) is 4.98 Å². The standard InChI is InChI=1S/C12H19FN4O/c1-3-14-12-15-8-10(13)11(16-12)17-6-4-9(18-2)5-7-17/h8-9H,3-7H2,1-2H3,(H,14,15,16). The van der Waals surface area contributed by atoms with Gasteiger partial charge in [-0.15, -0.1) is 0 Å². The molecule has 100 valence electrons. The first-order chi connectivity index (χ1) is 8.74. The number of halogens is 1. The normalized spacial score (nSPS) is 16.9. The average Bonchev–Trinajstić information content (AvgIpc) is 2.41. The van der Waals surface area contributed by atoms with Crippen LogP contribution < -0.4 is 10.2 Å². The van der Waals surface area contributed by atoms with Crippen molar-refractivity contribution in [3.8, 4) is 0 Å². The van der Waals surface area contributed by atoms with Gasteiger partial charge in [-0.1, -0.05) is 0 Å². The monoisotopic (exact) mass is 254 g/mol. The zero-order valence-electron chi connectivity index (χ0n) is 10.8. The molecule has 0 saturated carbocycles. The van der Waals surface area contributed by atoms with Gasteiger partial charge in [-0.25, -0.2) is 9.37 Å². The van der Waals surface area contributed by atoms with Gasteiger partial charge in [0.2, 0.25) is 5.95 Å². The molecule has 2 rings (SSSR count). The predicted octanol–water partition coefficient (Wildman–Crippen LogP) is 1.66. The summed E-state index contributed by atoms with van der Waals surface area (Å²) in [5.74, 6) is 0.491. The molecule has 0 radical (unpaired) electrons. The van der Waals surface area contributed by atoms with Crippen LogP contribution in [0.1, 0.15) is 19.8 Å². The SMILES string of the molecule is CCNc1ncc(F)c(N2CCC(OC)CC2)n1. The first-order valence-electron chi connectivity index (χ1n) is 6.28. The van der Waals surface area contributed by atoms with E-state index >= 15 is 0 Å². The molecule has 0 atom stereocenters. The number of anilines is 2. The minimum absolute atomic E-state index is 0.277. The van der Waals surface area contributed by atoms with Crippen LogP contribution in [-0.2, 0) is 4.74 Å². The third-order valence-corrected chi connectivity index (χ3v) is 3.14. The van der Waals surface area contributed by atoms with Crippen molar-refractivity contribution < 1.29 is 9.13 Å². The van der Waals surface area contributed by atoms with Gasteiger partial charge in [0.25, 0.3) is 0 Å². The molecule has 1 aliphatic heterocycles. The van der Waals surface area contributed by atoms with E-state index in [1.54, 1.807) is 7.11 Å². The van der Waals surface area contributed by atoms with Crippen LogP contribution >= 0.6 is 0 Å². The number of hydrogen-bond donors (Lipinski definition) is 1. The lowest BCUT2D eigenvalue weighted by molar-refractivity contribution is 0.0816. The summed E-state index contributed by atoms with van der Waals surface area (Å²) in [4.78, 5) is 10.1. The maximum absolute atomic E-state index is 13.7. The Morgan fingerprint density at radius 1 is 1.50 bits per heavy atom. The fourth-order valence-corrected chi connectivity index (χ4v) is 2.13. The average molecular weight is 254 g/mol. The molecule has 1 aliphatic rings. The lowest BCUT2D eigenvalue weighted by atomic mass is 10.1. The molecule has 1 fully saturated rings. The molecule has 1 N–H and O–H groups in total. The molecular formula is C12H19FN4O. The van der Waals surface area contributed by atoms with Gasteiger partial charge in [0.15, 0.2) is 11.6 Å². The highest BCUT2D eigenvalue weighted by Gasteiger charge is 2.22. The molecule has 0 aliphatic carbocycles. The molecule has 6 heteroatoms. The minimum Gasteiger partial charge on any atom is -0.381 e. The molecule has 18 heavy (non-hydrogen) atoms. The van der Waals surface area contributed by atoms with Crippen molar-refractivity contribution in [3.05, 3.63) is 12.0 Å². The molecule has 1 saturated heterocycles. The number of nitrogens with zero attached hydrogens (tertiary/aromatic N) is 3. The Bertz CT molecular complexity index is 394. The van der Waals surface area contributed by atoms with Crippen LogP contribution in [0.2, 0.25) is 0 Å². The molecule has 0 spiro atoms. The lowest BCUT2D eigenvalue weighted by Gasteiger charge is -2.32. The van der Waals surface area contributed by atoms with Gasteiger partial charge < -0.3 is 15.0 Å². The molecule has 1 aromatic heterocycles. The summed E-state index contributed by atoms with van der Waals surface area (Å²) < 4.78 is 19.1. The van der Waals surface area contributed by atoms with Crippen LogP contribution in [0.15, 0.2) is 6.20 Å². The van der Waals surface area contributed by atoms with Crippen molar-refractivity contribution in [2.24, 2.45) is 0 Å².